The monoisotopic (exact) mass is 324 g/mol. The highest BCUT2D eigenvalue weighted by Crippen LogP contribution is 2.33. The molecule has 1 aliphatic heterocycles. The lowest BCUT2D eigenvalue weighted by atomic mass is 9.89. The van der Waals surface area contributed by atoms with E-state index in [1.54, 1.807) is 6.07 Å². The molecule has 1 atom stereocenters. The smallest absolute Gasteiger partial charge is 0.228 e. The van der Waals surface area contributed by atoms with Crippen LogP contribution in [0.2, 0.25) is 0 Å². The summed E-state index contributed by atoms with van der Waals surface area (Å²) >= 11 is 0. The van der Waals surface area contributed by atoms with Gasteiger partial charge in [-0.2, -0.15) is 0 Å². The lowest BCUT2D eigenvalue weighted by molar-refractivity contribution is -0.126. The van der Waals surface area contributed by atoms with Gasteiger partial charge in [-0.15, -0.1) is 0 Å². The number of amides is 2. The van der Waals surface area contributed by atoms with Gasteiger partial charge in [0.25, 0.3) is 0 Å². The molecular weight excluding hydrogens is 307 g/mol. The Morgan fingerprint density at radius 2 is 1.79 bits per heavy atom. The summed E-state index contributed by atoms with van der Waals surface area (Å²) in [5.41, 5.74) is 3.57. The lowest BCUT2D eigenvalue weighted by Crippen LogP contribution is -2.41. The molecule has 1 unspecified atom stereocenters. The van der Waals surface area contributed by atoms with Gasteiger partial charge >= 0.3 is 0 Å². The number of rotatable bonds is 2. The molecule has 0 saturated heterocycles. The summed E-state index contributed by atoms with van der Waals surface area (Å²) in [5.74, 6) is -1.43. The van der Waals surface area contributed by atoms with Crippen LogP contribution in [0.3, 0.4) is 0 Å². The molecule has 0 radical (unpaired) electrons. The summed E-state index contributed by atoms with van der Waals surface area (Å²) in [6.45, 7) is 0. The molecule has 122 valence electrons. The fourth-order valence-electron chi connectivity index (χ4n) is 3.63. The first-order valence-electron chi connectivity index (χ1n) is 8.06. The molecule has 2 aliphatic rings. The van der Waals surface area contributed by atoms with Crippen LogP contribution in [0.4, 0.5) is 10.1 Å². The summed E-state index contributed by atoms with van der Waals surface area (Å²) in [6.07, 6.45) is 1.69. The van der Waals surface area contributed by atoms with E-state index in [9.17, 15) is 14.0 Å². The van der Waals surface area contributed by atoms with Crippen LogP contribution in [0.1, 0.15) is 29.0 Å². The predicted molar refractivity (Wildman–Crippen MR) is 88.2 cm³/mol. The van der Waals surface area contributed by atoms with Crippen molar-refractivity contribution in [3.63, 3.8) is 0 Å². The van der Waals surface area contributed by atoms with E-state index in [-0.39, 0.29) is 24.3 Å². The van der Waals surface area contributed by atoms with E-state index in [1.165, 1.54) is 23.3 Å². The van der Waals surface area contributed by atoms with Gasteiger partial charge < -0.3 is 10.6 Å². The Morgan fingerprint density at radius 1 is 1.08 bits per heavy atom. The molecule has 0 bridgehead atoms. The van der Waals surface area contributed by atoms with Crippen molar-refractivity contribution in [1.82, 2.24) is 5.32 Å². The Labute approximate surface area is 139 Å². The van der Waals surface area contributed by atoms with Crippen molar-refractivity contribution in [2.24, 2.45) is 0 Å². The lowest BCUT2D eigenvalue weighted by Gasteiger charge is -2.26. The molecule has 4 rings (SSSR count). The summed E-state index contributed by atoms with van der Waals surface area (Å²) in [4.78, 5) is 24.6. The van der Waals surface area contributed by atoms with Crippen molar-refractivity contribution >= 4 is 17.5 Å². The maximum absolute atomic E-state index is 13.4. The Balaban J connectivity index is 1.53. The van der Waals surface area contributed by atoms with Crippen LogP contribution in [0, 0.1) is 5.82 Å². The van der Waals surface area contributed by atoms with E-state index in [4.69, 9.17) is 0 Å². The minimum absolute atomic E-state index is 0.0452. The second kappa shape index (κ2) is 5.74. The first-order valence-corrected chi connectivity index (χ1v) is 8.06. The Morgan fingerprint density at radius 3 is 2.50 bits per heavy atom. The van der Waals surface area contributed by atoms with Crippen molar-refractivity contribution in [1.29, 1.82) is 0 Å². The van der Waals surface area contributed by atoms with Crippen LogP contribution in [-0.4, -0.2) is 17.9 Å². The fourth-order valence-corrected chi connectivity index (χ4v) is 3.63. The number of halogens is 1. The molecule has 0 fully saturated rings. The summed E-state index contributed by atoms with van der Waals surface area (Å²) in [5, 5.41) is 5.69. The number of carbonyl (C=O) groups is 2. The van der Waals surface area contributed by atoms with Crippen LogP contribution >= 0.6 is 0 Å². The normalized spacial score (nSPS) is 19.4. The van der Waals surface area contributed by atoms with Crippen molar-refractivity contribution in [3.05, 3.63) is 65.0 Å². The Bertz CT molecular complexity index is 809. The topological polar surface area (TPSA) is 58.2 Å². The van der Waals surface area contributed by atoms with Crippen LogP contribution in [0.15, 0.2) is 42.5 Å². The summed E-state index contributed by atoms with van der Waals surface area (Å²) < 4.78 is 13.4. The number of nitrogens with one attached hydrogen (secondary N) is 2. The van der Waals surface area contributed by atoms with Crippen LogP contribution in [-0.2, 0) is 22.4 Å². The largest absolute Gasteiger partial charge is 0.352 e. The number of fused-ring (bicyclic) bond motifs is 2. The van der Waals surface area contributed by atoms with Gasteiger partial charge in [0.2, 0.25) is 11.8 Å². The zero-order chi connectivity index (χ0) is 16.7. The van der Waals surface area contributed by atoms with Gasteiger partial charge in [0.1, 0.15) is 5.82 Å². The zero-order valence-corrected chi connectivity index (χ0v) is 13.0. The molecule has 2 amide bonds. The van der Waals surface area contributed by atoms with E-state index in [1.807, 2.05) is 12.1 Å². The molecule has 4 nitrogen and oxygen atoms in total. The fraction of sp³-hybridized carbons (Fsp3) is 0.263. The molecule has 2 aromatic rings. The zero-order valence-electron chi connectivity index (χ0n) is 13.0. The van der Waals surface area contributed by atoms with Crippen LogP contribution in [0.5, 0.6) is 0 Å². The molecule has 2 aromatic carbocycles. The molecule has 24 heavy (non-hydrogen) atoms. The quantitative estimate of drug-likeness (QED) is 0.892. The first kappa shape index (κ1) is 14.9. The maximum atomic E-state index is 13.4. The third-order valence-corrected chi connectivity index (χ3v) is 4.77. The average Bonchev–Trinajstić information content (AvgIpc) is 2.95. The predicted octanol–water partition coefficient (Wildman–Crippen LogP) is 2.54. The second-order valence-corrected chi connectivity index (χ2v) is 6.42. The molecule has 1 aliphatic carbocycles. The SMILES string of the molecule is O=C1CC(C(=O)NC2Cc3ccccc3C2)c2ccc(F)cc2N1. The standard InChI is InChI=1S/C19H17FN2O2/c20-13-5-6-15-16(10-18(23)22-17(15)9-13)19(24)21-14-7-11-3-1-2-4-12(11)8-14/h1-6,9,14,16H,7-8,10H2,(H,21,24)(H,22,23). The minimum atomic E-state index is -0.571. The number of carbonyl (C=O) groups excluding carboxylic acids is 2. The molecule has 0 saturated carbocycles. The average molecular weight is 324 g/mol. The molecule has 5 heteroatoms. The number of hydrogen-bond acceptors (Lipinski definition) is 2. The van der Waals surface area contributed by atoms with Crippen molar-refractivity contribution in [2.45, 2.75) is 31.2 Å². The highest BCUT2D eigenvalue weighted by Gasteiger charge is 2.33. The maximum Gasteiger partial charge on any atom is 0.228 e. The number of anilines is 1. The van der Waals surface area contributed by atoms with Gasteiger partial charge in [-0.25, -0.2) is 4.39 Å². The Kier molecular flexibility index (Phi) is 3.56. The second-order valence-electron chi connectivity index (χ2n) is 6.42. The van der Waals surface area contributed by atoms with Gasteiger partial charge in [-0.05, 0) is 41.7 Å². The van der Waals surface area contributed by atoms with Crippen molar-refractivity contribution < 1.29 is 14.0 Å². The van der Waals surface area contributed by atoms with Gasteiger partial charge in [0, 0.05) is 18.2 Å². The van der Waals surface area contributed by atoms with Crippen LogP contribution in [0.25, 0.3) is 0 Å². The molecule has 0 aromatic heterocycles. The van der Waals surface area contributed by atoms with Crippen LogP contribution < -0.4 is 10.6 Å². The van der Waals surface area contributed by atoms with Gasteiger partial charge in [0.15, 0.2) is 0 Å². The third kappa shape index (κ3) is 2.66. The highest BCUT2D eigenvalue weighted by molar-refractivity contribution is 6.01. The van der Waals surface area contributed by atoms with E-state index >= 15 is 0 Å². The minimum Gasteiger partial charge on any atom is -0.352 e. The van der Waals surface area contributed by atoms with Gasteiger partial charge in [0.05, 0.1) is 5.92 Å². The van der Waals surface area contributed by atoms with Crippen molar-refractivity contribution in [2.75, 3.05) is 5.32 Å². The van der Waals surface area contributed by atoms with Gasteiger partial charge in [-0.1, -0.05) is 30.3 Å². The van der Waals surface area contributed by atoms with Crippen molar-refractivity contribution in [3.8, 4) is 0 Å². The van der Waals surface area contributed by atoms with E-state index in [2.05, 4.69) is 22.8 Å². The molecule has 2 N–H and O–H groups in total. The number of benzene rings is 2. The highest BCUT2D eigenvalue weighted by atomic mass is 19.1. The van der Waals surface area contributed by atoms with E-state index < -0.39 is 11.7 Å². The summed E-state index contributed by atoms with van der Waals surface area (Å²) in [7, 11) is 0. The molecule has 1 heterocycles. The Hall–Kier alpha value is -2.69. The third-order valence-electron chi connectivity index (χ3n) is 4.77. The summed E-state index contributed by atoms with van der Waals surface area (Å²) in [6, 6.07) is 12.4. The molecule has 0 spiro atoms. The number of hydrogen-bond donors (Lipinski definition) is 2. The van der Waals surface area contributed by atoms with Gasteiger partial charge in [-0.3, -0.25) is 9.59 Å². The first-order chi connectivity index (χ1) is 11.6. The molecular formula is C19H17FN2O2. The van der Waals surface area contributed by atoms with E-state index in [0.29, 0.717) is 11.3 Å². The van der Waals surface area contributed by atoms with E-state index in [0.717, 1.165) is 12.8 Å².